The molecule has 0 saturated heterocycles. The van der Waals surface area contributed by atoms with E-state index in [-0.39, 0.29) is 47.5 Å². The van der Waals surface area contributed by atoms with E-state index in [0.29, 0.717) is 5.69 Å². The first-order chi connectivity index (χ1) is 13.7. The van der Waals surface area contributed by atoms with Gasteiger partial charge >= 0.3 is 0 Å². The average molecular weight is 394 g/mol. The monoisotopic (exact) mass is 394 g/mol. The van der Waals surface area contributed by atoms with Crippen LogP contribution in [-0.2, 0) is 11.8 Å². The van der Waals surface area contributed by atoms with Crippen molar-refractivity contribution < 1.29 is 24.2 Å². The lowest BCUT2D eigenvalue weighted by atomic mass is 9.92. The van der Waals surface area contributed by atoms with Crippen molar-refractivity contribution in [2.75, 3.05) is 11.9 Å². The lowest BCUT2D eigenvalue weighted by Crippen LogP contribution is -2.35. The van der Waals surface area contributed by atoms with Crippen LogP contribution in [0.25, 0.3) is 10.9 Å². The van der Waals surface area contributed by atoms with Gasteiger partial charge in [-0.1, -0.05) is 6.07 Å². The molecule has 0 saturated carbocycles. The highest BCUT2D eigenvalue weighted by atomic mass is 16.5. The van der Waals surface area contributed by atoms with Crippen molar-refractivity contribution in [1.82, 2.24) is 4.57 Å². The van der Waals surface area contributed by atoms with E-state index < -0.39 is 5.60 Å². The fourth-order valence-corrected chi connectivity index (χ4v) is 3.58. The van der Waals surface area contributed by atoms with Crippen LogP contribution in [0.5, 0.6) is 17.2 Å². The number of amides is 1. The standard InChI is InChI=1S/C22H22N2O5/c1-22(2)11-18(26)21-17(25)9-13(10-19(21)29-22)28-12-20(27)23-15-5-4-6-16-14(15)7-8-24(16)3/h4-10,25H,11-12H2,1-3H3,(H,23,27). The molecule has 1 aliphatic heterocycles. The molecule has 2 N–H and O–H groups in total. The molecule has 3 aromatic rings. The Bertz CT molecular complexity index is 1130. The maximum Gasteiger partial charge on any atom is 0.262 e. The number of hydrogen-bond acceptors (Lipinski definition) is 5. The van der Waals surface area contributed by atoms with Gasteiger partial charge in [-0.15, -0.1) is 0 Å². The Kier molecular flexibility index (Phi) is 4.45. The molecule has 7 nitrogen and oxygen atoms in total. The quantitative estimate of drug-likeness (QED) is 0.705. The number of aromatic hydroxyl groups is 1. The number of carbonyl (C=O) groups is 2. The smallest absolute Gasteiger partial charge is 0.262 e. The molecular formula is C22H22N2O5. The van der Waals surface area contributed by atoms with E-state index in [9.17, 15) is 14.7 Å². The van der Waals surface area contributed by atoms with Crippen LogP contribution in [0.4, 0.5) is 5.69 Å². The molecule has 1 aliphatic rings. The molecule has 4 rings (SSSR count). The average Bonchev–Trinajstić information content (AvgIpc) is 3.00. The molecule has 0 unspecified atom stereocenters. The molecule has 1 amide bonds. The van der Waals surface area contributed by atoms with Crippen LogP contribution >= 0.6 is 0 Å². The van der Waals surface area contributed by atoms with Gasteiger partial charge in [0.25, 0.3) is 5.91 Å². The molecule has 0 spiro atoms. The van der Waals surface area contributed by atoms with E-state index >= 15 is 0 Å². The van der Waals surface area contributed by atoms with Crippen molar-refractivity contribution in [3.63, 3.8) is 0 Å². The summed E-state index contributed by atoms with van der Waals surface area (Å²) in [4.78, 5) is 24.6. The summed E-state index contributed by atoms with van der Waals surface area (Å²) in [5, 5.41) is 14.0. The predicted molar refractivity (Wildman–Crippen MR) is 109 cm³/mol. The van der Waals surface area contributed by atoms with Crippen LogP contribution in [0.2, 0.25) is 0 Å². The van der Waals surface area contributed by atoms with Crippen molar-refractivity contribution in [3.05, 3.63) is 48.2 Å². The van der Waals surface area contributed by atoms with Gasteiger partial charge in [-0.25, -0.2) is 0 Å². The minimum atomic E-state index is -0.666. The van der Waals surface area contributed by atoms with Gasteiger partial charge in [0.1, 0.15) is 28.4 Å². The molecule has 7 heteroatoms. The van der Waals surface area contributed by atoms with Crippen LogP contribution in [0, 0.1) is 0 Å². The summed E-state index contributed by atoms with van der Waals surface area (Å²) in [6, 6.07) is 10.5. The predicted octanol–water partition coefficient (Wildman–Crippen LogP) is 3.65. The Hall–Kier alpha value is -3.48. The number of aromatic nitrogens is 1. The van der Waals surface area contributed by atoms with Crippen molar-refractivity contribution >= 4 is 28.3 Å². The normalized spacial score (nSPS) is 14.9. The molecule has 0 bridgehead atoms. The number of nitrogens with zero attached hydrogens (tertiary/aromatic N) is 1. The first-order valence-corrected chi connectivity index (χ1v) is 9.29. The lowest BCUT2D eigenvalue weighted by molar-refractivity contribution is -0.118. The van der Waals surface area contributed by atoms with E-state index in [1.165, 1.54) is 12.1 Å². The fourth-order valence-electron chi connectivity index (χ4n) is 3.58. The molecular weight excluding hydrogens is 372 g/mol. The van der Waals surface area contributed by atoms with E-state index in [4.69, 9.17) is 9.47 Å². The van der Waals surface area contributed by atoms with Gasteiger partial charge in [0.15, 0.2) is 12.4 Å². The molecule has 0 aliphatic carbocycles. The Balaban J connectivity index is 1.48. The Labute approximate surface area is 167 Å². The molecule has 150 valence electrons. The summed E-state index contributed by atoms with van der Waals surface area (Å²) in [6.07, 6.45) is 2.11. The molecule has 2 aromatic carbocycles. The zero-order chi connectivity index (χ0) is 20.8. The molecule has 0 atom stereocenters. The number of hydrogen-bond donors (Lipinski definition) is 2. The van der Waals surface area contributed by atoms with Crippen molar-refractivity contribution in [2.24, 2.45) is 7.05 Å². The molecule has 0 radical (unpaired) electrons. The number of anilines is 1. The van der Waals surface area contributed by atoms with Crippen LogP contribution in [-0.4, -0.2) is 33.6 Å². The molecule has 2 heterocycles. The zero-order valence-corrected chi connectivity index (χ0v) is 16.5. The molecule has 0 fully saturated rings. The summed E-state index contributed by atoms with van der Waals surface area (Å²) in [5.74, 6) is -0.229. The number of rotatable bonds is 4. The van der Waals surface area contributed by atoms with Gasteiger partial charge in [0.2, 0.25) is 0 Å². The van der Waals surface area contributed by atoms with Crippen LogP contribution in [0.3, 0.4) is 0 Å². The maximum atomic E-state index is 12.4. The Morgan fingerprint density at radius 3 is 2.90 bits per heavy atom. The zero-order valence-electron chi connectivity index (χ0n) is 16.5. The first kappa shape index (κ1) is 18.9. The Morgan fingerprint density at radius 1 is 1.31 bits per heavy atom. The highest BCUT2D eigenvalue weighted by Crippen LogP contribution is 2.40. The van der Waals surface area contributed by atoms with Gasteiger partial charge in [0, 0.05) is 36.3 Å². The third kappa shape index (κ3) is 3.63. The highest BCUT2D eigenvalue weighted by molar-refractivity contribution is 6.03. The number of nitrogens with one attached hydrogen (secondary N) is 1. The molecule has 29 heavy (non-hydrogen) atoms. The van der Waals surface area contributed by atoms with Crippen molar-refractivity contribution in [3.8, 4) is 17.2 Å². The van der Waals surface area contributed by atoms with E-state index in [2.05, 4.69) is 5.32 Å². The number of Topliss-reactive ketones (excluding diaryl/α,β-unsaturated/α-hetero) is 1. The lowest BCUT2D eigenvalue weighted by Gasteiger charge is -2.32. The van der Waals surface area contributed by atoms with Crippen molar-refractivity contribution in [1.29, 1.82) is 0 Å². The van der Waals surface area contributed by atoms with Crippen LogP contribution in [0.1, 0.15) is 30.6 Å². The van der Waals surface area contributed by atoms with E-state index in [0.717, 1.165) is 10.9 Å². The SMILES string of the molecule is Cn1ccc2c(NC(=O)COc3cc(O)c4c(c3)OC(C)(C)CC4=O)cccc21. The number of aryl methyl sites for hydroxylation is 1. The minimum absolute atomic E-state index is 0.150. The largest absolute Gasteiger partial charge is 0.507 e. The number of benzene rings is 2. The van der Waals surface area contributed by atoms with Crippen molar-refractivity contribution in [2.45, 2.75) is 25.9 Å². The van der Waals surface area contributed by atoms with Gasteiger partial charge in [-0.2, -0.15) is 0 Å². The Morgan fingerprint density at radius 2 is 2.10 bits per heavy atom. The summed E-state index contributed by atoms with van der Waals surface area (Å²) in [6.45, 7) is 3.35. The van der Waals surface area contributed by atoms with E-state index in [1.54, 1.807) is 13.8 Å². The van der Waals surface area contributed by atoms with Crippen LogP contribution < -0.4 is 14.8 Å². The summed E-state index contributed by atoms with van der Waals surface area (Å²) >= 11 is 0. The topological polar surface area (TPSA) is 89.8 Å². The minimum Gasteiger partial charge on any atom is -0.507 e. The third-order valence-electron chi connectivity index (χ3n) is 4.88. The first-order valence-electron chi connectivity index (χ1n) is 9.29. The number of fused-ring (bicyclic) bond motifs is 2. The second-order valence-corrected chi connectivity index (χ2v) is 7.78. The number of ether oxygens (including phenoxy) is 2. The number of phenols is 1. The second kappa shape index (κ2) is 6.84. The van der Waals surface area contributed by atoms with Crippen LogP contribution in [0.15, 0.2) is 42.6 Å². The highest BCUT2D eigenvalue weighted by Gasteiger charge is 2.35. The summed E-state index contributed by atoms with van der Waals surface area (Å²) in [5.41, 5.74) is 1.19. The van der Waals surface area contributed by atoms with Gasteiger partial charge in [-0.3, -0.25) is 9.59 Å². The van der Waals surface area contributed by atoms with Gasteiger partial charge in [-0.05, 0) is 32.0 Å². The summed E-state index contributed by atoms with van der Waals surface area (Å²) in [7, 11) is 1.94. The molecule has 1 aromatic heterocycles. The summed E-state index contributed by atoms with van der Waals surface area (Å²) < 4.78 is 13.3. The second-order valence-electron chi connectivity index (χ2n) is 7.78. The fraction of sp³-hybridized carbons (Fsp3) is 0.273. The number of ketones is 1. The van der Waals surface area contributed by atoms with Gasteiger partial charge < -0.3 is 24.5 Å². The van der Waals surface area contributed by atoms with E-state index in [1.807, 2.05) is 42.1 Å². The number of carbonyl (C=O) groups excluding carboxylic acids is 2. The third-order valence-corrected chi connectivity index (χ3v) is 4.88. The maximum absolute atomic E-state index is 12.4. The number of phenolic OH excluding ortho intramolecular Hbond substituents is 1. The van der Waals surface area contributed by atoms with Gasteiger partial charge in [0.05, 0.1) is 12.1 Å².